The second kappa shape index (κ2) is 4.18. The topological polar surface area (TPSA) is 55.1 Å². The fourth-order valence-electron chi connectivity index (χ4n) is 1.61. The molecule has 1 N–H and O–H groups in total. The maximum absolute atomic E-state index is 10.6. The van der Waals surface area contributed by atoms with Gasteiger partial charge in [-0.05, 0) is 30.7 Å². The molecule has 82 valence electrons. The zero-order valence-electron chi connectivity index (χ0n) is 8.92. The Balaban J connectivity index is 2.36. The van der Waals surface area contributed by atoms with Gasteiger partial charge in [-0.15, -0.1) is 0 Å². The van der Waals surface area contributed by atoms with E-state index in [-0.39, 0.29) is 6.42 Å². The van der Waals surface area contributed by atoms with Crippen LogP contribution >= 0.6 is 0 Å². The first-order valence-corrected chi connectivity index (χ1v) is 4.98. The summed E-state index contributed by atoms with van der Waals surface area (Å²) in [6.45, 7) is 1.96. The fraction of sp³-hybridized carbons (Fsp3) is 0.167. The summed E-state index contributed by atoms with van der Waals surface area (Å²) in [6.07, 6.45) is 1.76. The molecule has 0 aliphatic heterocycles. The third kappa shape index (κ3) is 2.11. The summed E-state index contributed by atoms with van der Waals surface area (Å²) in [5.41, 5.74) is 2.69. The minimum atomic E-state index is -0.825. The van der Waals surface area contributed by atoms with Crippen LogP contribution in [-0.4, -0.2) is 20.9 Å². The van der Waals surface area contributed by atoms with E-state index < -0.39 is 5.97 Å². The molecule has 0 aliphatic carbocycles. The van der Waals surface area contributed by atoms with Crippen LogP contribution in [0.2, 0.25) is 0 Å². The van der Waals surface area contributed by atoms with Crippen molar-refractivity contribution in [2.24, 2.45) is 0 Å². The number of benzene rings is 1. The first kappa shape index (κ1) is 10.4. The van der Waals surface area contributed by atoms with E-state index >= 15 is 0 Å². The lowest BCUT2D eigenvalue weighted by Crippen LogP contribution is -2.03. The van der Waals surface area contributed by atoms with Crippen LogP contribution < -0.4 is 0 Å². The van der Waals surface area contributed by atoms with Crippen molar-refractivity contribution in [3.63, 3.8) is 0 Å². The standard InChI is InChI=1S/C12H12N2O2/c1-9-5-6-13-14(9)11-4-2-3-10(7-11)8-12(15)16/h2-7H,8H2,1H3,(H,15,16). The number of hydrogen-bond acceptors (Lipinski definition) is 2. The molecule has 0 atom stereocenters. The van der Waals surface area contributed by atoms with Crippen LogP contribution in [0.25, 0.3) is 5.69 Å². The molecule has 0 aliphatic rings. The summed E-state index contributed by atoms with van der Waals surface area (Å²) in [5.74, 6) is -0.825. The highest BCUT2D eigenvalue weighted by Gasteiger charge is 2.04. The van der Waals surface area contributed by atoms with Crippen LogP contribution in [0.1, 0.15) is 11.3 Å². The molecule has 2 rings (SSSR count). The summed E-state index contributed by atoms with van der Waals surface area (Å²) in [6, 6.07) is 9.30. The van der Waals surface area contributed by atoms with E-state index in [1.807, 2.05) is 31.2 Å². The molecule has 1 heterocycles. The highest BCUT2D eigenvalue weighted by atomic mass is 16.4. The molecule has 0 bridgehead atoms. The van der Waals surface area contributed by atoms with Gasteiger partial charge < -0.3 is 5.11 Å². The normalized spacial score (nSPS) is 10.3. The van der Waals surface area contributed by atoms with Gasteiger partial charge in [-0.1, -0.05) is 12.1 Å². The van der Waals surface area contributed by atoms with Crippen molar-refractivity contribution in [1.82, 2.24) is 9.78 Å². The highest BCUT2D eigenvalue weighted by molar-refractivity contribution is 5.70. The fourth-order valence-corrected chi connectivity index (χ4v) is 1.61. The van der Waals surface area contributed by atoms with Gasteiger partial charge in [0.05, 0.1) is 12.1 Å². The van der Waals surface area contributed by atoms with Gasteiger partial charge in [-0.2, -0.15) is 5.10 Å². The summed E-state index contributed by atoms with van der Waals surface area (Å²) >= 11 is 0. The van der Waals surface area contributed by atoms with E-state index in [1.54, 1.807) is 16.9 Å². The molecule has 1 aromatic carbocycles. The minimum absolute atomic E-state index is 0.0359. The second-order valence-electron chi connectivity index (χ2n) is 3.62. The van der Waals surface area contributed by atoms with Crippen LogP contribution in [-0.2, 0) is 11.2 Å². The van der Waals surface area contributed by atoms with E-state index in [4.69, 9.17) is 5.11 Å². The van der Waals surface area contributed by atoms with Crippen molar-refractivity contribution < 1.29 is 9.90 Å². The number of aliphatic carboxylic acids is 1. The van der Waals surface area contributed by atoms with Gasteiger partial charge in [0.25, 0.3) is 0 Å². The maximum atomic E-state index is 10.6. The summed E-state index contributed by atoms with van der Waals surface area (Å²) in [5, 5.41) is 12.9. The van der Waals surface area contributed by atoms with Crippen LogP contribution in [0, 0.1) is 6.92 Å². The number of carboxylic acids is 1. The van der Waals surface area contributed by atoms with Crippen molar-refractivity contribution in [2.45, 2.75) is 13.3 Å². The molecule has 0 saturated heterocycles. The lowest BCUT2D eigenvalue weighted by atomic mass is 10.1. The second-order valence-corrected chi connectivity index (χ2v) is 3.62. The van der Waals surface area contributed by atoms with Crippen molar-refractivity contribution in [1.29, 1.82) is 0 Å². The molecule has 0 spiro atoms. The van der Waals surface area contributed by atoms with Crippen LogP contribution in [0.5, 0.6) is 0 Å². The lowest BCUT2D eigenvalue weighted by Gasteiger charge is -2.05. The Kier molecular flexibility index (Phi) is 2.72. The summed E-state index contributed by atoms with van der Waals surface area (Å²) in [4.78, 5) is 10.6. The van der Waals surface area contributed by atoms with Gasteiger partial charge in [-0.3, -0.25) is 4.79 Å². The molecule has 0 radical (unpaired) electrons. The molecule has 0 saturated carbocycles. The maximum Gasteiger partial charge on any atom is 0.307 e. The van der Waals surface area contributed by atoms with E-state index in [1.165, 1.54) is 0 Å². The Labute approximate surface area is 93.1 Å². The van der Waals surface area contributed by atoms with Gasteiger partial charge in [0, 0.05) is 11.9 Å². The molecule has 0 amide bonds. The average Bonchev–Trinajstić information content (AvgIpc) is 2.64. The molecule has 16 heavy (non-hydrogen) atoms. The Morgan fingerprint density at radius 1 is 1.44 bits per heavy atom. The quantitative estimate of drug-likeness (QED) is 0.851. The molecule has 0 unspecified atom stereocenters. The largest absolute Gasteiger partial charge is 0.481 e. The Morgan fingerprint density at radius 2 is 2.25 bits per heavy atom. The van der Waals surface area contributed by atoms with Gasteiger partial charge in [0.2, 0.25) is 0 Å². The van der Waals surface area contributed by atoms with Gasteiger partial charge in [-0.25, -0.2) is 4.68 Å². The number of rotatable bonds is 3. The van der Waals surface area contributed by atoms with Crippen molar-refractivity contribution >= 4 is 5.97 Å². The predicted molar refractivity (Wildman–Crippen MR) is 59.6 cm³/mol. The van der Waals surface area contributed by atoms with Gasteiger partial charge in [0.15, 0.2) is 0 Å². The van der Waals surface area contributed by atoms with E-state index in [0.717, 1.165) is 16.9 Å². The van der Waals surface area contributed by atoms with Crippen LogP contribution in [0.3, 0.4) is 0 Å². The van der Waals surface area contributed by atoms with E-state index in [9.17, 15) is 4.79 Å². The van der Waals surface area contributed by atoms with E-state index in [0.29, 0.717) is 0 Å². The van der Waals surface area contributed by atoms with Gasteiger partial charge >= 0.3 is 5.97 Å². The third-order valence-corrected chi connectivity index (χ3v) is 2.34. The first-order chi connectivity index (χ1) is 7.66. The molecule has 2 aromatic rings. The van der Waals surface area contributed by atoms with Gasteiger partial charge in [0.1, 0.15) is 0 Å². The number of carboxylic acid groups (broad SMARTS) is 1. The van der Waals surface area contributed by atoms with Crippen molar-refractivity contribution in [2.75, 3.05) is 0 Å². The monoisotopic (exact) mass is 216 g/mol. The van der Waals surface area contributed by atoms with E-state index in [2.05, 4.69) is 5.10 Å². The summed E-state index contributed by atoms with van der Waals surface area (Å²) < 4.78 is 1.78. The smallest absolute Gasteiger partial charge is 0.307 e. The lowest BCUT2D eigenvalue weighted by molar-refractivity contribution is -0.136. The number of carbonyl (C=O) groups is 1. The zero-order chi connectivity index (χ0) is 11.5. The third-order valence-electron chi connectivity index (χ3n) is 2.34. The SMILES string of the molecule is Cc1ccnn1-c1cccc(CC(=O)O)c1. The molecule has 0 fully saturated rings. The zero-order valence-corrected chi connectivity index (χ0v) is 8.92. The van der Waals surface area contributed by atoms with Crippen LogP contribution in [0.15, 0.2) is 36.5 Å². The number of hydrogen-bond donors (Lipinski definition) is 1. The molecule has 4 heteroatoms. The number of aryl methyl sites for hydroxylation is 1. The van der Waals surface area contributed by atoms with Crippen LogP contribution in [0.4, 0.5) is 0 Å². The number of nitrogens with zero attached hydrogens (tertiary/aromatic N) is 2. The molecular weight excluding hydrogens is 204 g/mol. The highest BCUT2D eigenvalue weighted by Crippen LogP contribution is 2.12. The molecular formula is C12H12N2O2. The average molecular weight is 216 g/mol. The summed E-state index contributed by atoms with van der Waals surface area (Å²) in [7, 11) is 0. The van der Waals surface area contributed by atoms with Crippen molar-refractivity contribution in [3.8, 4) is 5.69 Å². The number of aromatic nitrogens is 2. The predicted octanol–water partition coefficient (Wildman–Crippen LogP) is 1.81. The first-order valence-electron chi connectivity index (χ1n) is 4.98. The Hall–Kier alpha value is -2.10. The Morgan fingerprint density at radius 3 is 2.88 bits per heavy atom. The van der Waals surface area contributed by atoms with Crippen molar-refractivity contribution in [3.05, 3.63) is 47.8 Å². The molecule has 4 nitrogen and oxygen atoms in total. The molecule has 1 aromatic heterocycles. The Bertz CT molecular complexity index is 517. The minimum Gasteiger partial charge on any atom is -0.481 e.